The summed E-state index contributed by atoms with van der Waals surface area (Å²) in [5.41, 5.74) is 10.0. The minimum Gasteiger partial charge on any atom is -0.480 e. The highest BCUT2D eigenvalue weighted by atomic mass is 16.4. The Morgan fingerprint density at radius 3 is 2.33 bits per heavy atom. The molecule has 0 aromatic heterocycles. The second kappa shape index (κ2) is 7.19. The van der Waals surface area contributed by atoms with E-state index in [0.717, 1.165) is 25.9 Å². The zero-order chi connectivity index (χ0) is 11.8. The summed E-state index contributed by atoms with van der Waals surface area (Å²) in [6.07, 6.45) is 2.83. The molecule has 6 N–H and O–H groups in total. The summed E-state index contributed by atoms with van der Waals surface area (Å²) in [4.78, 5) is 12.4. The highest BCUT2D eigenvalue weighted by Crippen LogP contribution is 2.18. The molecule has 1 aliphatic heterocycles. The van der Waals surface area contributed by atoms with Crippen LogP contribution in [0.25, 0.3) is 0 Å². The standard InChI is InChI=1S/C8H15N3O2.CH5N/c9-5-11-3-1-6(2-4-11)7(10)8(12)13;1-2/h5-7,9H,1-4,10H2,(H,12,13);2H2,1H3. The quantitative estimate of drug-likeness (QED) is 0.367. The molecule has 0 spiro atoms. The maximum Gasteiger partial charge on any atom is 0.320 e. The summed E-state index contributed by atoms with van der Waals surface area (Å²) in [6.45, 7) is 1.49. The lowest BCUT2D eigenvalue weighted by Gasteiger charge is -2.31. The first-order chi connectivity index (χ1) is 7.15. The van der Waals surface area contributed by atoms with Crippen molar-refractivity contribution in [3.63, 3.8) is 0 Å². The number of carboxylic acids is 1. The molecule has 1 fully saturated rings. The Kier molecular flexibility index (Phi) is 6.64. The molecule has 0 bridgehead atoms. The largest absolute Gasteiger partial charge is 0.480 e. The first-order valence-electron chi connectivity index (χ1n) is 4.96. The van der Waals surface area contributed by atoms with E-state index in [1.807, 2.05) is 4.90 Å². The van der Waals surface area contributed by atoms with Gasteiger partial charge in [-0.1, -0.05) is 0 Å². The van der Waals surface area contributed by atoms with Crippen molar-refractivity contribution in [2.75, 3.05) is 20.1 Å². The van der Waals surface area contributed by atoms with Gasteiger partial charge < -0.3 is 21.5 Å². The van der Waals surface area contributed by atoms with E-state index in [1.165, 1.54) is 13.4 Å². The molecular formula is C9H20N4O2. The first kappa shape index (κ1) is 13.9. The minimum atomic E-state index is -0.923. The van der Waals surface area contributed by atoms with Crippen LogP contribution in [-0.4, -0.2) is 48.5 Å². The van der Waals surface area contributed by atoms with Gasteiger partial charge in [-0.3, -0.25) is 10.2 Å². The third-order valence-corrected chi connectivity index (χ3v) is 2.55. The third-order valence-electron chi connectivity index (χ3n) is 2.55. The van der Waals surface area contributed by atoms with Gasteiger partial charge in [0.25, 0.3) is 0 Å². The molecule has 6 heteroatoms. The van der Waals surface area contributed by atoms with E-state index in [-0.39, 0.29) is 5.92 Å². The molecule has 88 valence electrons. The molecular weight excluding hydrogens is 196 g/mol. The Balaban J connectivity index is 0.000000921. The van der Waals surface area contributed by atoms with Crippen molar-refractivity contribution in [3.8, 4) is 0 Å². The smallest absolute Gasteiger partial charge is 0.320 e. The number of likely N-dealkylation sites (tertiary alicyclic amines) is 1. The van der Waals surface area contributed by atoms with Crippen molar-refractivity contribution in [3.05, 3.63) is 0 Å². The van der Waals surface area contributed by atoms with Gasteiger partial charge >= 0.3 is 5.97 Å². The predicted molar refractivity (Wildman–Crippen MR) is 58.8 cm³/mol. The summed E-state index contributed by atoms with van der Waals surface area (Å²) < 4.78 is 0. The highest BCUT2D eigenvalue weighted by Gasteiger charge is 2.27. The molecule has 0 aromatic carbocycles. The highest BCUT2D eigenvalue weighted by molar-refractivity contribution is 5.73. The van der Waals surface area contributed by atoms with Gasteiger partial charge in [0.1, 0.15) is 6.04 Å². The van der Waals surface area contributed by atoms with Crippen molar-refractivity contribution in [1.29, 1.82) is 5.41 Å². The number of nitrogens with one attached hydrogen (secondary N) is 1. The molecule has 0 radical (unpaired) electrons. The number of hydrogen-bond acceptors (Lipinski definition) is 4. The van der Waals surface area contributed by atoms with Gasteiger partial charge in [-0.15, -0.1) is 0 Å². The van der Waals surface area contributed by atoms with Crippen LogP contribution in [0.2, 0.25) is 0 Å². The molecule has 0 amide bonds. The van der Waals surface area contributed by atoms with Crippen LogP contribution in [0.15, 0.2) is 0 Å². The SMILES string of the molecule is CN.N=CN1CCC(C(N)C(=O)O)CC1. The van der Waals surface area contributed by atoms with E-state index in [0.29, 0.717) is 0 Å². The van der Waals surface area contributed by atoms with Crippen molar-refractivity contribution in [2.24, 2.45) is 17.4 Å². The fourth-order valence-corrected chi connectivity index (χ4v) is 1.61. The van der Waals surface area contributed by atoms with Gasteiger partial charge in [0, 0.05) is 13.1 Å². The van der Waals surface area contributed by atoms with Gasteiger partial charge in [-0.2, -0.15) is 0 Å². The van der Waals surface area contributed by atoms with Crippen LogP contribution in [0.3, 0.4) is 0 Å². The van der Waals surface area contributed by atoms with E-state index >= 15 is 0 Å². The van der Waals surface area contributed by atoms with Crippen LogP contribution in [0.1, 0.15) is 12.8 Å². The van der Waals surface area contributed by atoms with Crippen LogP contribution < -0.4 is 11.5 Å². The normalized spacial score (nSPS) is 18.7. The molecule has 1 aliphatic rings. The van der Waals surface area contributed by atoms with Gasteiger partial charge in [-0.25, -0.2) is 0 Å². The number of aliphatic carboxylic acids is 1. The van der Waals surface area contributed by atoms with E-state index < -0.39 is 12.0 Å². The zero-order valence-electron chi connectivity index (χ0n) is 9.02. The first-order valence-corrected chi connectivity index (χ1v) is 4.96. The molecule has 0 saturated carbocycles. The summed E-state index contributed by atoms with van der Waals surface area (Å²) in [5, 5.41) is 15.7. The number of carboxylic acid groups (broad SMARTS) is 1. The van der Waals surface area contributed by atoms with Crippen LogP contribution in [0.4, 0.5) is 0 Å². The summed E-state index contributed by atoms with van der Waals surface area (Å²) >= 11 is 0. The number of rotatable bonds is 3. The Morgan fingerprint density at radius 2 is 2.00 bits per heavy atom. The second-order valence-corrected chi connectivity index (χ2v) is 3.37. The Bertz CT molecular complexity index is 202. The Morgan fingerprint density at radius 1 is 1.53 bits per heavy atom. The third kappa shape index (κ3) is 4.26. The number of nitrogens with zero attached hydrogens (tertiary/aromatic N) is 1. The zero-order valence-corrected chi connectivity index (χ0v) is 9.02. The van der Waals surface area contributed by atoms with E-state index in [4.69, 9.17) is 16.2 Å². The second-order valence-electron chi connectivity index (χ2n) is 3.37. The van der Waals surface area contributed by atoms with Crippen LogP contribution in [0, 0.1) is 11.3 Å². The predicted octanol–water partition coefficient (Wildman–Crippen LogP) is -0.708. The number of nitrogens with two attached hydrogens (primary N) is 2. The summed E-state index contributed by atoms with van der Waals surface area (Å²) in [6, 6.07) is -0.743. The maximum atomic E-state index is 10.6. The number of piperidine rings is 1. The summed E-state index contributed by atoms with van der Waals surface area (Å²) in [5.74, 6) is -0.859. The lowest BCUT2D eigenvalue weighted by molar-refractivity contribution is -0.140. The van der Waals surface area contributed by atoms with E-state index in [1.54, 1.807) is 0 Å². The Labute approximate surface area is 89.7 Å². The van der Waals surface area contributed by atoms with Crippen molar-refractivity contribution in [1.82, 2.24) is 4.90 Å². The molecule has 1 heterocycles. The average molecular weight is 216 g/mol. The molecule has 1 rings (SSSR count). The van der Waals surface area contributed by atoms with Gasteiger partial charge in [-0.05, 0) is 25.8 Å². The molecule has 6 nitrogen and oxygen atoms in total. The van der Waals surface area contributed by atoms with Gasteiger partial charge in [0.15, 0.2) is 0 Å². The Hall–Kier alpha value is -1.14. The van der Waals surface area contributed by atoms with Crippen molar-refractivity contribution in [2.45, 2.75) is 18.9 Å². The number of hydrogen-bond donors (Lipinski definition) is 4. The number of carbonyl (C=O) groups is 1. The fraction of sp³-hybridized carbons (Fsp3) is 0.778. The monoisotopic (exact) mass is 216 g/mol. The molecule has 1 unspecified atom stereocenters. The average Bonchev–Trinajstić information content (AvgIpc) is 2.31. The van der Waals surface area contributed by atoms with Gasteiger partial charge in [0.2, 0.25) is 0 Å². The molecule has 1 saturated heterocycles. The topological polar surface area (TPSA) is 116 Å². The van der Waals surface area contributed by atoms with E-state index in [2.05, 4.69) is 5.73 Å². The van der Waals surface area contributed by atoms with Crippen LogP contribution in [-0.2, 0) is 4.79 Å². The molecule has 0 aromatic rings. The lowest BCUT2D eigenvalue weighted by Crippen LogP contribution is -2.44. The van der Waals surface area contributed by atoms with Crippen LogP contribution >= 0.6 is 0 Å². The van der Waals surface area contributed by atoms with E-state index in [9.17, 15) is 4.79 Å². The molecule has 0 aliphatic carbocycles. The van der Waals surface area contributed by atoms with Gasteiger partial charge in [0.05, 0.1) is 6.34 Å². The van der Waals surface area contributed by atoms with Crippen LogP contribution in [0.5, 0.6) is 0 Å². The minimum absolute atomic E-state index is 0.0636. The molecule has 1 atom stereocenters. The maximum absolute atomic E-state index is 10.6. The van der Waals surface area contributed by atoms with Crippen molar-refractivity contribution >= 4 is 12.3 Å². The summed E-state index contributed by atoms with van der Waals surface area (Å²) in [7, 11) is 1.50. The fourth-order valence-electron chi connectivity index (χ4n) is 1.61. The van der Waals surface area contributed by atoms with Crippen molar-refractivity contribution < 1.29 is 9.90 Å². The lowest BCUT2D eigenvalue weighted by atomic mass is 9.90. The molecule has 15 heavy (non-hydrogen) atoms.